The van der Waals surface area contributed by atoms with Gasteiger partial charge in [0.15, 0.2) is 0 Å². The Kier molecular flexibility index (Phi) is 6.13. The maximum absolute atomic E-state index is 12.5. The van der Waals surface area contributed by atoms with Crippen LogP contribution in [-0.4, -0.2) is 31.1 Å². The largest absolute Gasteiger partial charge is 0.416 e. The summed E-state index contributed by atoms with van der Waals surface area (Å²) in [6.45, 7) is 7.85. The van der Waals surface area contributed by atoms with Crippen LogP contribution >= 0.6 is 0 Å². The molecule has 0 saturated carbocycles. The van der Waals surface area contributed by atoms with Crippen LogP contribution in [-0.2, 0) is 6.18 Å². The van der Waals surface area contributed by atoms with Crippen molar-refractivity contribution in [3.05, 3.63) is 23.8 Å². The highest BCUT2D eigenvalue weighted by Gasteiger charge is 2.30. The molecule has 20 heavy (non-hydrogen) atoms. The average Bonchev–Trinajstić information content (AvgIpc) is 2.39. The van der Waals surface area contributed by atoms with E-state index in [1.807, 2.05) is 0 Å². The standard InChI is InChI=1S/C14H22F3N3/c1-3-20(4-2)9-5-8-19-13-7-6-11(10-12(13)18)14(15,16)17/h6-7,10,19H,3-5,8-9,18H2,1-2H3. The van der Waals surface area contributed by atoms with Crippen LogP contribution in [0.3, 0.4) is 0 Å². The van der Waals surface area contributed by atoms with Gasteiger partial charge in [-0.05, 0) is 44.3 Å². The second-order valence-electron chi connectivity index (χ2n) is 4.61. The lowest BCUT2D eigenvalue weighted by molar-refractivity contribution is -0.137. The fraction of sp³-hybridized carbons (Fsp3) is 0.571. The summed E-state index contributed by atoms with van der Waals surface area (Å²) in [5, 5.41) is 3.08. The molecular weight excluding hydrogens is 267 g/mol. The molecule has 1 rings (SSSR count). The fourth-order valence-electron chi connectivity index (χ4n) is 1.97. The SMILES string of the molecule is CCN(CC)CCCNc1ccc(C(F)(F)F)cc1N. The Bertz CT molecular complexity index is 415. The van der Waals surface area contributed by atoms with E-state index in [-0.39, 0.29) is 5.69 Å². The molecular formula is C14H22F3N3. The van der Waals surface area contributed by atoms with Crippen LogP contribution in [0.2, 0.25) is 0 Å². The summed E-state index contributed by atoms with van der Waals surface area (Å²) in [5.41, 5.74) is 5.60. The molecule has 1 aromatic rings. The molecule has 6 heteroatoms. The molecule has 3 N–H and O–H groups in total. The zero-order valence-corrected chi connectivity index (χ0v) is 11.9. The van der Waals surface area contributed by atoms with E-state index in [1.54, 1.807) is 0 Å². The van der Waals surface area contributed by atoms with Gasteiger partial charge in [-0.3, -0.25) is 0 Å². The summed E-state index contributed by atoms with van der Waals surface area (Å²) in [6.07, 6.45) is -3.43. The second-order valence-corrected chi connectivity index (χ2v) is 4.61. The Morgan fingerprint density at radius 3 is 2.35 bits per heavy atom. The topological polar surface area (TPSA) is 41.3 Å². The van der Waals surface area contributed by atoms with Crippen molar-refractivity contribution in [1.82, 2.24) is 4.90 Å². The van der Waals surface area contributed by atoms with Gasteiger partial charge in [-0.15, -0.1) is 0 Å². The minimum atomic E-state index is -4.35. The van der Waals surface area contributed by atoms with Crippen molar-refractivity contribution in [2.24, 2.45) is 0 Å². The zero-order chi connectivity index (χ0) is 15.2. The number of anilines is 2. The van der Waals surface area contributed by atoms with Crippen LogP contribution in [0.25, 0.3) is 0 Å². The van der Waals surface area contributed by atoms with E-state index in [1.165, 1.54) is 6.07 Å². The molecule has 0 radical (unpaired) electrons. The fourth-order valence-corrected chi connectivity index (χ4v) is 1.97. The molecule has 0 bridgehead atoms. The van der Waals surface area contributed by atoms with Gasteiger partial charge in [-0.2, -0.15) is 13.2 Å². The third kappa shape index (κ3) is 4.92. The van der Waals surface area contributed by atoms with Crippen LogP contribution < -0.4 is 11.1 Å². The molecule has 114 valence electrons. The molecule has 3 nitrogen and oxygen atoms in total. The Morgan fingerprint density at radius 1 is 1.20 bits per heavy atom. The van der Waals surface area contributed by atoms with Crippen LogP contribution in [0.1, 0.15) is 25.8 Å². The molecule has 0 aromatic heterocycles. The summed E-state index contributed by atoms with van der Waals surface area (Å²) in [4.78, 5) is 2.29. The molecule has 0 fully saturated rings. The number of halogens is 3. The van der Waals surface area contributed by atoms with Gasteiger partial charge in [0.05, 0.1) is 16.9 Å². The molecule has 0 aliphatic carbocycles. The van der Waals surface area contributed by atoms with Crippen molar-refractivity contribution < 1.29 is 13.2 Å². The summed E-state index contributed by atoms with van der Waals surface area (Å²) in [6, 6.07) is 3.39. The van der Waals surface area contributed by atoms with Gasteiger partial charge >= 0.3 is 6.18 Å². The van der Waals surface area contributed by atoms with Crippen molar-refractivity contribution in [1.29, 1.82) is 0 Å². The Hall–Kier alpha value is -1.43. The number of nitrogens with two attached hydrogens (primary N) is 1. The van der Waals surface area contributed by atoms with Gasteiger partial charge in [-0.1, -0.05) is 13.8 Å². The third-order valence-corrected chi connectivity index (χ3v) is 3.24. The normalized spacial score (nSPS) is 11.9. The van der Waals surface area contributed by atoms with E-state index in [4.69, 9.17) is 5.73 Å². The summed E-state index contributed by atoms with van der Waals surface area (Å²) < 4.78 is 37.5. The predicted molar refractivity (Wildman–Crippen MR) is 76.8 cm³/mol. The number of alkyl halides is 3. The molecule has 0 atom stereocenters. The first-order chi connectivity index (χ1) is 9.38. The number of rotatable bonds is 7. The van der Waals surface area contributed by atoms with Gasteiger partial charge in [0, 0.05) is 6.54 Å². The molecule has 0 unspecified atom stereocenters. The Labute approximate surface area is 117 Å². The van der Waals surface area contributed by atoms with E-state index < -0.39 is 11.7 Å². The minimum absolute atomic E-state index is 0.127. The number of nitrogens with zero attached hydrogens (tertiary/aromatic N) is 1. The Morgan fingerprint density at radius 2 is 1.85 bits per heavy atom. The van der Waals surface area contributed by atoms with Gasteiger partial charge in [-0.25, -0.2) is 0 Å². The van der Waals surface area contributed by atoms with Crippen molar-refractivity contribution in [3.63, 3.8) is 0 Å². The van der Waals surface area contributed by atoms with Crippen molar-refractivity contribution in [3.8, 4) is 0 Å². The maximum Gasteiger partial charge on any atom is 0.416 e. The highest BCUT2D eigenvalue weighted by Crippen LogP contribution is 2.32. The van der Waals surface area contributed by atoms with Gasteiger partial charge in [0.1, 0.15) is 0 Å². The minimum Gasteiger partial charge on any atom is -0.397 e. The maximum atomic E-state index is 12.5. The molecule has 0 aliphatic rings. The number of hydrogen-bond donors (Lipinski definition) is 2. The van der Waals surface area contributed by atoms with Crippen LogP contribution in [0, 0.1) is 0 Å². The average molecular weight is 289 g/mol. The van der Waals surface area contributed by atoms with Crippen molar-refractivity contribution in [2.75, 3.05) is 37.2 Å². The number of benzene rings is 1. The first-order valence-electron chi connectivity index (χ1n) is 6.81. The zero-order valence-electron chi connectivity index (χ0n) is 11.9. The van der Waals surface area contributed by atoms with E-state index in [0.29, 0.717) is 12.2 Å². The van der Waals surface area contributed by atoms with E-state index >= 15 is 0 Å². The highest BCUT2D eigenvalue weighted by atomic mass is 19.4. The predicted octanol–water partition coefficient (Wildman–Crippen LogP) is 3.43. The number of hydrogen-bond acceptors (Lipinski definition) is 3. The summed E-state index contributed by atoms with van der Waals surface area (Å²) in [7, 11) is 0. The smallest absolute Gasteiger partial charge is 0.397 e. The van der Waals surface area contributed by atoms with Crippen LogP contribution in [0.4, 0.5) is 24.5 Å². The molecule has 0 aliphatic heterocycles. The number of nitrogens with one attached hydrogen (secondary N) is 1. The van der Waals surface area contributed by atoms with E-state index in [9.17, 15) is 13.2 Å². The first kappa shape index (κ1) is 16.6. The second kappa shape index (κ2) is 7.38. The quantitative estimate of drug-likeness (QED) is 0.597. The summed E-state index contributed by atoms with van der Waals surface area (Å²) >= 11 is 0. The lowest BCUT2D eigenvalue weighted by Gasteiger charge is -2.18. The van der Waals surface area contributed by atoms with Gasteiger partial charge in [0.2, 0.25) is 0 Å². The first-order valence-corrected chi connectivity index (χ1v) is 6.81. The van der Waals surface area contributed by atoms with E-state index in [2.05, 4.69) is 24.1 Å². The van der Waals surface area contributed by atoms with Crippen LogP contribution in [0.5, 0.6) is 0 Å². The van der Waals surface area contributed by atoms with Gasteiger partial charge in [0.25, 0.3) is 0 Å². The molecule has 0 saturated heterocycles. The monoisotopic (exact) mass is 289 g/mol. The lowest BCUT2D eigenvalue weighted by Crippen LogP contribution is -2.25. The molecule has 0 spiro atoms. The Balaban J connectivity index is 2.49. The number of nitrogen functional groups attached to an aromatic ring is 1. The van der Waals surface area contributed by atoms with Crippen molar-refractivity contribution in [2.45, 2.75) is 26.4 Å². The summed E-state index contributed by atoms with van der Waals surface area (Å²) in [5.74, 6) is 0. The third-order valence-electron chi connectivity index (χ3n) is 3.24. The lowest BCUT2D eigenvalue weighted by atomic mass is 10.1. The van der Waals surface area contributed by atoms with E-state index in [0.717, 1.165) is 38.2 Å². The van der Waals surface area contributed by atoms with Gasteiger partial charge < -0.3 is 16.0 Å². The highest BCUT2D eigenvalue weighted by molar-refractivity contribution is 5.67. The molecule has 0 amide bonds. The molecule has 0 heterocycles. The van der Waals surface area contributed by atoms with Crippen molar-refractivity contribution >= 4 is 11.4 Å². The molecule has 1 aromatic carbocycles. The van der Waals surface area contributed by atoms with Crippen LogP contribution in [0.15, 0.2) is 18.2 Å².